The number of benzene rings is 3. The Hall–Kier alpha value is -3.96. The molecule has 2 aliphatic rings. The summed E-state index contributed by atoms with van der Waals surface area (Å²) in [6.45, 7) is 1.78. The zero-order valence-corrected chi connectivity index (χ0v) is 19.6. The molecule has 2 atom stereocenters. The lowest BCUT2D eigenvalue weighted by molar-refractivity contribution is -0.118. The first-order chi connectivity index (χ1) is 16.9. The van der Waals surface area contributed by atoms with Gasteiger partial charge in [0.1, 0.15) is 0 Å². The van der Waals surface area contributed by atoms with Crippen molar-refractivity contribution >= 4 is 29.2 Å². The molecule has 4 aromatic rings. The largest absolute Gasteiger partial charge is 0.478 e. The van der Waals surface area contributed by atoms with E-state index >= 15 is 0 Å². The van der Waals surface area contributed by atoms with Crippen LogP contribution in [-0.2, 0) is 10.2 Å². The maximum atomic E-state index is 13.2. The molecule has 172 valence electrons. The van der Waals surface area contributed by atoms with Gasteiger partial charge in [0.2, 0.25) is 5.91 Å². The van der Waals surface area contributed by atoms with Gasteiger partial charge in [0, 0.05) is 29.6 Å². The number of aryl methyl sites for hydroxylation is 1. The molecule has 1 aromatic heterocycles. The van der Waals surface area contributed by atoms with E-state index in [1.54, 1.807) is 25.4 Å². The van der Waals surface area contributed by atoms with Gasteiger partial charge in [0.25, 0.3) is 0 Å². The van der Waals surface area contributed by atoms with Gasteiger partial charge in [-0.05, 0) is 77.1 Å². The summed E-state index contributed by atoms with van der Waals surface area (Å²) < 4.78 is 0. The van der Waals surface area contributed by atoms with Gasteiger partial charge in [-0.15, -0.1) is 0 Å². The molecular formula is C29H21ClN2O3. The summed E-state index contributed by atoms with van der Waals surface area (Å²) >= 11 is 6.66. The summed E-state index contributed by atoms with van der Waals surface area (Å²) in [4.78, 5) is 28.9. The number of anilines is 1. The van der Waals surface area contributed by atoms with Crippen molar-refractivity contribution in [2.75, 3.05) is 5.32 Å². The van der Waals surface area contributed by atoms with Gasteiger partial charge in [0.05, 0.1) is 16.0 Å². The second-order valence-electron chi connectivity index (χ2n) is 9.25. The Labute approximate surface area is 207 Å². The Morgan fingerprint density at radius 2 is 1.69 bits per heavy atom. The summed E-state index contributed by atoms with van der Waals surface area (Å²) in [6.07, 6.45) is 4.17. The van der Waals surface area contributed by atoms with E-state index in [0.29, 0.717) is 17.0 Å². The van der Waals surface area contributed by atoms with E-state index in [9.17, 15) is 14.7 Å². The van der Waals surface area contributed by atoms with E-state index in [0.717, 1.165) is 39.1 Å². The fourth-order valence-electron chi connectivity index (χ4n) is 5.31. The van der Waals surface area contributed by atoms with E-state index in [1.807, 2.05) is 60.7 Å². The number of carbonyl (C=O) groups is 2. The number of rotatable bonds is 4. The standard InChI is InChI=1S/C29H21ClN2O3/c1-16-2-3-20(12-21(16)27(33)34)24-15-29(24)23-13-22(25(30)14-26(23)32-28(29)35)19-6-4-17(5-7-19)18-8-10-31-11-9-18/h2-14,24H,15H2,1H3,(H,32,35)(H,33,34). The Balaban J connectivity index is 1.38. The molecule has 1 saturated carbocycles. The maximum absolute atomic E-state index is 13.2. The number of carbonyl (C=O) groups excluding carboxylic acids is 1. The fourth-order valence-corrected chi connectivity index (χ4v) is 5.58. The highest BCUT2D eigenvalue weighted by Gasteiger charge is 2.65. The van der Waals surface area contributed by atoms with Crippen LogP contribution in [0.25, 0.3) is 22.3 Å². The number of nitrogens with one attached hydrogen (secondary N) is 1. The van der Waals surface area contributed by atoms with Crippen LogP contribution in [0, 0.1) is 6.92 Å². The minimum absolute atomic E-state index is 0.0591. The smallest absolute Gasteiger partial charge is 0.335 e. The van der Waals surface area contributed by atoms with Crippen LogP contribution in [-0.4, -0.2) is 22.0 Å². The molecule has 1 aliphatic heterocycles. The molecule has 3 aromatic carbocycles. The van der Waals surface area contributed by atoms with Gasteiger partial charge in [-0.3, -0.25) is 9.78 Å². The lowest BCUT2D eigenvalue weighted by atomic mass is 9.89. The van der Waals surface area contributed by atoms with Gasteiger partial charge in [0.15, 0.2) is 0 Å². The van der Waals surface area contributed by atoms with Gasteiger partial charge in [-0.25, -0.2) is 4.79 Å². The first-order valence-corrected chi connectivity index (χ1v) is 11.8. The van der Waals surface area contributed by atoms with Crippen LogP contribution in [0.4, 0.5) is 5.69 Å². The highest BCUT2D eigenvalue weighted by atomic mass is 35.5. The summed E-state index contributed by atoms with van der Waals surface area (Å²) in [5.41, 5.74) is 6.79. The average Bonchev–Trinajstić information content (AvgIpc) is 3.55. The molecule has 5 nitrogen and oxygen atoms in total. The van der Waals surface area contributed by atoms with Gasteiger partial charge in [-0.1, -0.05) is 48.0 Å². The molecule has 0 radical (unpaired) electrons. The predicted molar refractivity (Wildman–Crippen MR) is 136 cm³/mol. The molecule has 1 amide bonds. The first kappa shape index (κ1) is 21.6. The van der Waals surface area contributed by atoms with E-state index in [-0.39, 0.29) is 17.4 Å². The van der Waals surface area contributed by atoms with Crippen molar-refractivity contribution < 1.29 is 14.7 Å². The van der Waals surface area contributed by atoms with Crippen LogP contribution in [0.15, 0.2) is 79.1 Å². The highest BCUT2D eigenvalue weighted by molar-refractivity contribution is 6.34. The second kappa shape index (κ2) is 7.79. The Kier molecular flexibility index (Phi) is 4.80. The molecular weight excluding hydrogens is 460 g/mol. The van der Waals surface area contributed by atoms with Crippen molar-refractivity contribution in [2.45, 2.75) is 24.7 Å². The number of halogens is 1. The monoisotopic (exact) mass is 480 g/mol. The second-order valence-corrected chi connectivity index (χ2v) is 9.66. The van der Waals surface area contributed by atoms with Crippen molar-refractivity contribution in [1.82, 2.24) is 4.98 Å². The molecule has 1 fully saturated rings. The van der Waals surface area contributed by atoms with Crippen molar-refractivity contribution in [2.24, 2.45) is 0 Å². The number of aromatic carboxylic acids is 1. The number of pyridine rings is 1. The number of aromatic nitrogens is 1. The van der Waals surface area contributed by atoms with Crippen molar-refractivity contribution in [1.29, 1.82) is 0 Å². The lowest BCUT2D eigenvalue weighted by Gasteiger charge is -2.13. The van der Waals surface area contributed by atoms with Crippen LogP contribution in [0.2, 0.25) is 5.02 Å². The minimum atomic E-state index is -0.959. The molecule has 2 heterocycles. The molecule has 2 unspecified atom stereocenters. The number of hydrogen-bond acceptors (Lipinski definition) is 3. The van der Waals surface area contributed by atoms with E-state index in [4.69, 9.17) is 11.6 Å². The van der Waals surface area contributed by atoms with Crippen molar-refractivity contribution in [3.63, 3.8) is 0 Å². The van der Waals surface area contributed by atoms with Crippen molar-refractivity contribution in [3.05, 3.63) is 106 Å². The zero-order valence-electron chi connectivity index (χ0n) is 18.9. The first-order valence-electron chi connectivity index (χ1n) is 11.4. The number of carboxylic acids is 1. The van der Waals surface area contributed by atoms with E-state index in [1.165, 1.54) is 0 Å². The van der Waals surface area contributed by atoms with Crippen LogP contribution < -0.4 is 5.32 Å². The summed E-state index contributed by atoms with van der Waals surface area (Å²) in [5, 5.41) is 13.1. The molecule has 35 heavy (non-hydrogen) atoms. The Bertz CT molecular complexity index is 1520. The number of carboxylic acid groups (broad SMARTS) is 1. The van der Waals surface area contributed by atoms with Crippen LogP contribution >= 0.6 is 11.6 Å². The molecule has 2 N–H and O–H groups in total. The normalized spacial score (nSPS) is 19.9. The predicted octanol–water partition coefficient (Wildman–Crippen LogP) is 6.45. The molecule has 1 aliphatic carbocycles. The van der Waals surface area contributed by atoms with Crippen LogP contribution in [0.3, 0.4) is 0 Å². The summed E-state index contributed by atoms with van der Waals surface area (Å²) in [5.74, 6) is -1.10. The quantitative estimate of drug-likeness (QED) is 0.351. The summed E-state index contributed by atoms with van der Waals surface area (Å²) in [6, 6.07) is 21.4. The van der Waals surface area contributed by atoms with Gasteiger partial charge in [-0.2, -0.15) is 0 Å². The Morgan fingerprint density at radius 3 is 2.40 bits per heavy atom. The third-order valence-corrected chi connectivity index (χ3v) is 7.62. The molecule has 0 bridgehead atoms. The highest BCUT2D eigenvalue weighted by Crippen LogP contribution is 2.65. The van der Waals surface area contributed by atoms with E-state index in [2.05, 4.69) is 10.3 Å². The SMILES string of the molecule is Cc1ccc(C2CC23C(=O)Nc2cc(Cl)c(-c4ccc(-c5ccncc5)cc4)cc23)cc1C(=O)O. The minimum Gasteiger partial charge on any atom is -0.478 e. The number of amides is 1. The molecule has 0 saturated heterocycles. The lowest BCUT2D eigenvalue weighted by Crippen LogP contribution is -2.21. The van der Waals surface area contributed by atoms with Gasteiger partial charge >= 0.3 is 5.97 Å². The zero-order chi connectivity index (χ0) is 24.3. The topological polar surface area (TPSA) is 79.3 Å². The fraction of sp³-hybridized carbons (Fsp3) is 0.138. The average molecular weight is 481 g/mol. The van der Waals surface area contributed by atoms with E-state index < -0.39 is 11.4 Å². The van der Waals surface area contributed by atoms with Crippen LogP contribution in [0.5, 0.6) is 0 Å². The van der Waals surface area contributed by atoms with Gasteiger partial charge < -0.3 is 10.4 Å². The third kappa shape index (κ3) is 3.34. The van der Waals surface area contributed by atoms with Crippen LogP contribution in [0.1, 0.15) is 39.4 Å². The molecule has 1 spiro atoms. The number of nitrogens with zero attached hydrogens (tertiary/aromatic N) is 1. The number of hydrogen-bond donors (Lipinski definition) is 2. The molecule has 6 heteroatoms. The molecule has 6 rings (SSSR count). The third-order valence-electron chi connectivity index (χ3n) is 7.31. The maximum Gasteiger partial charge on any atom is 0.335 e. The Morgan fingerprint density at radius 1 is 1.00 bits per heavy atom. The van der Waals surface area contributed by atoms with Crippen molar-refractivity contribution in [3.8, 4) is 22.3 Å². The summed E-state index contributed by atoms with van der Waals surface area (Å²) in [7, 11) is 0. The number of fused-ring (bicyclic) bond motifs is 2.